The van der Waals surface area contributed by atoms with Gasteiger partial charge in [0, 0.05) is 6.42 Å². The zero-order chi connectivity index (χ0) is 20.5. The van der Waals surface area contributed by atoms with E-state index in [2.05, 4.69) is 5.32 Å². The van der Waals surface area contributed by atoms with Crippen LogP contribution in [-0.2, 0) is 22.4 Å². The topological polar surface area (TPSA) is 124 Å². The molecule has 2 atom stereocenters. The Morgan fingerprint density at radius 2 is 1.57 bits per heavy atom. The smallest absolute Gasteiger partial charge is 0.335 e. The molecule has 0 spiro atoms. The van der Waals surface area contributed by atoms with E-state index in [1.807, 2.05) is 6.07 Å². The molecule has 1 amide bonds. The quantitative estimate of drug-likeness (QED) is 0.495. The number of aliphatic hydroxyl groups is 1. The molecule has 4 N–H and O–H groups in total. The summed E-state index contributed by atoms with van der Waals surface area (Å²) in [7, 11) is 0. The summed E-state index contributed by atoms with van der Waals surface area (Å²) in [6, 6.07) is 14.6. The van der Waals surface area contributed by atoms with Crippen molar-refractivity contribution < 1.29 is 29.7 Å². The molecule has 0 fully saturated rings. The van der Waals surface area contributed by atoms with E-state index in [1.165, 1.54) is 6.07 Å². The second-order valence-corrected chi connectivity index (χ2v) is 6.46. The highest BCUT2D eigenvalue weighted by Gasteiger charge is 2.27. The van der Waals surface area contributed by atoms with Crippen molar-refractivity contribution in [3.8, 4) is 0 Å². The predicted molar refractivity (Wildman–Crippen MR) is 102 cm³/mol. The van der Waals surface area contributed by atoms with E-state index in [0.717, 1.165) is 5.56 Å². The highest BCUT2D eigenvalue weighted by atomic mass is 16.4. The number of benzene rings is 2. The first-order valence-corrected chi connectivity index (χ1v) is 8.94. The minimum Gasteiger partial charge on any atom is -0.479 e. The average molecular weight is 385 g/mol. The molecule has 2 aromatic rings. The van der Waals surface area contributed by atoms with Crippen molar-refractivity contribution in [1.29, 1.82) is 0 Å². The lowest BCUT2D eigenvalue weighted by atomic mass is 10.00. The van der Waals surface area contributed by atoms with Crippen molar-refractivity contribution in [2.24, 2.45) is 0 Å². The first-order chi connectivity index (χ1) is 13.4. The van der Waals surface area contributed by atoms with Crippen LogP contribution in [0.4, 0.5) is 0 Å². The van der Waals surface area contributed by atoms with E-state index in [1.54, 1.807) is 42.5 Å². The summed E-state index contributed by atoms with van der Waals surface area (Å²) in [5, 5.41) is 30.8. The Hall–Kier alpha value is -3.19. The highest BCUT2D eigenvalue weighted by molar-refractivity contribution is 5.89. The summed E-state index contributed by atoms with van der Waals surface area (Å²) >= 11 is 0. The summed E-state index contributed by atoms with van der Waals surface area (Å²) in [6.07, 6.45) is -0.650. The standard InChI is InChI=1S/C21H23NO6/c23-18(12-6-10-15-9-4-5-11-16(15)20(25)26)22-17(19(24)21(27)28)13-14-7-2-1-3-8-14/h1-5,7-9,11,17,19,24H,6,10,12-13H2,(H,22,23)(H,25,26)(H,27,28). The average Bonchev–Trinajstić information content (AvgIpc) is 2.68. The Morgan fingerprint density at radius 1 is 0.929 bits per heavy atom. The number of aromatic carboxylic acids is 1. The predicted octanol–water partition coefficient (Wildman–Crippen LogP) is 1.88. The third-order valence-electron chi connectivity index (χ3n) is 4.38. The molecule has 0 aliphatic heterocycles. The molecule has 2 rings (SSSR count). The Kier molecular flexibility index (Phi) is 7.71. The summed E-state index contributed by atoms with van der Waals surface area (Å²) in [6.45, 7) is 0. The number of aryl methyl sites for hydroxylation is 1. The summed E-state index contributed by atoms with van der Waals surface area (Å²) < 4.78 is 0. The van der Waals surface area contributed by atoms with E-state index in [9.17, 15) is 24.6 Å². The number of carbonyl (C=O) groups excluding carboxylic acids is 1. The van der Waals surface area contributed by atoms with Crippen LogP contribution in [0.3, 0.4) is 0 Å². The maximum absolute atomic E-state index is 12.2. The van der Waals surface area contributed by atoms with Gasteiger partial charge in [0.2, 0.25) is 5.91 Å². The van der Waals surface area contributed by atoms with Gasteiger partial charge < -0.3 is 20.6 Å². The van der Waals surface area contributed by atoms with Crippen LogP contribution in [0.1, 0.15) is 34.3 Å². The molecule has 0 aromatic heterocycles. The number of hydrogen-bond acceptors (Lipinski definition) is 4. The second kappa shape index (κ2) is 10.2. The molecule has 2 unspecified atom stereocenters. The molecule has 0 aliphatic rings. The monoisotopic (exact) mass is 385 g/mol. The molecule has 28 heavy (non-hydrogen) atoms. The Bertz CT molecular complexity index is 821. The van der Waals surface area contributed by atoms with Crippen LogP contribution in [0.25, 0.3) is 0 Å². The van der Waals surface area contributed by atoms with Crippen molar-refractivity contribution in [3.63, 3.8) is 0 Å². The minimum absolute atomic E-state index is 0.0889. The van der Waals surface area contributed by atoms with Crippen molar-refractivity contribution in [2.45, 2.75) is 37.8 Å². The van der Waals surface area contributed by atoms with E-state index in [-0.39, 0.29) is 18.4 Å². The van der Waals surface area contributed by atoms with Gasteiger partial charge in [0.1, 0.15) is 0 Å². The van der Waals surface area contributed by atoms with Gasteiger partial charge in [-0.1, -0.05) is 48.5 Å². The zero-order valence-electron chi connectivity index (χ0n) is 15.2. The van der Waals surface area contributed by atoms with Gasteiger partial charge in [-0.2, -0.15) is 0 Å². The number of aliphatic carboxylic acids is 1. The lowest BCUT2D eigenvalue weighted by Crippen LogP contribution is -2.48. The number of nitrogens with one attached hydrogen (secondary N) is 1. The maximum Gasteiger partial charge on any atom is 0.335 e. The number of amides is 1. The molecule has 0 bridgehead atoms. The molecule has 0 heterocycles. The fourth-order valence-electron chi connectivity index (χ4n) is 2.95. The van der Waals surface area contributed by atoms with Crippen LogP contribution < -0.4 is 5.32 Å². The number of carboxylic acids is 2. The molecule has 7 nitrogen and oxygen atoms in total. The summed E-state index contributed by atoms with van der Waals surface area (Å²) in [4.78, 5) is 34.6. The first kappa shape index (κ1) is 21.1. The molecular weight excluding hydrogens is 362 g/mol. The van der Waals surface area contributed by atoms with Crippen LogP contribution in [-0.4, -0.2) is 45.3 Å². The molecule has 148 valence electrons. The molecule has 0 saturated carbocycles. The van der Waals surface area contributed by atoms with Gasteiger partial charge in [-0.25, -0.2) is 9.59 Å². The Balaban J connectivity index is 1.94. The Morgan fingerprint density at radius 3 is 2.21 bits per heavy atom. The summed E-state index contributed by atoms with van der Waals surface area (Å²) in [5.41, 5.74) is 1.63. The normalized spacial score (nSPS) is 12.8. The van der Waals surface area contributed by atoms with Gasteiger partial charge in [-0.05, 0) is 36.5 Å². The molecular formula is C21H23NO6. The van der Waals surface area contributed by atoms with Gasteiger partial charge in [-0.15, -0.1) is 0 Å². The summed E-state index contributed by atoms with van der Waals surface area (Å²) in [5.74, 6) is -2.82. The molecule has 0 radical (unpaired) electrons. The van der Waals surface area contributed by atoms with Crippen LogP contribution in [0, 0.1) is 0 Å². The minimum atomic E-state index is -1.73. The van der Waals surface area contributed by atoms with E-state index in [4.69, 9.17) is 5.11 Å². The number of carbonyl (C=O) groups is 3. The fourth-order valence-corrected chi connectivity index (χ4v) is 2.95. The SMILES string of the molecule is O=C(CCCc1ccccc1C(=O)O)NC(Cc1ccccc1)C(O)C(=O)O. The molecule has 0 saturated heterocycles. The third-order valence-corrected chi connectivity index (χ3v) is 4.38. The third kappa shape index (κ3) is 6.21. The number of aliphatic hydroxyl groups excluding tert-OH is 1. The fraction of sp³-hybridized carbons (Fsp3) is 0.286. The first-order valence-electron chi connectivity index (χ1n) is 8.94. The van der Waals surface area contributed by atoms with E-state index >= 15 is 0 Å². The largest absolute Gasteiger partial charge is 0.479 e. The van der Waals surface area contributed by atoms with Crippen molar-refractivity contribution in [3.05, 3.63) is 71.3 Å². The lowest BCUT2D eigenvalue weighted by molar-refractivity contribution is -0.148. The lowest BCUT2D eigenvalue weighted by Gasteiger charge is -2.21. The molecule has 7 heteroatoms. The molecule has 2 aromatic carbocycles. The van der Waals surface area contributed by atoms with Gasteiger partial charge in [0.25, 0.3) is 0 Å². The van der Waals surface area contributed by atoms with E-state index < -0.39 is 30.0 Å². The number of hydrogen-bond donors (Lipinski definition) is 4. The Labute approximate surface area is 162 Å². The highest BCUT2D eigenvalue weighted by Crippen LogP contribution is 2.13. The van der Waals surface area contributed by atoms with Crippen LogP contribution >= 0.6 is 0 Å². The van der Waals surface area contributed by atoms with Gasteiger partial charge in [0.15, 0.2) is 6.10 Å². The van der Waals surface area contributed by atoms with Crippen molar-refractivity contribution in [2.75, 3.05) is 0 Å². The zero-order valence-corrected chi connectivity index (χ0v) is 15.2. The van der Waals surface area contributed by atoms with E-state index in [0.29, 0.717) is 18.4 Å². The second-order valence-electron chi connectivity index (χ2n) is 6.46. The number of carboxylic acid groups (broad SMARTS) is 2. The molecule has 0 aliphatic carbocycles. The van der Waals surface area contributed by atoms with Crippen LogP contribution in [0.15, 0.2) is 54.6 Å². The van der Waals surface area contributed by atoms with Crippen LogP contribution in [0.5, 0.6) is 0 Å². The van der Waals surface area contributed by atoms with Crippen molar-refractivity contribution in [1.82, 2.24) is 5.32 Å². The van der Waals surface area contributed by atoms with Crippen LogP contribution in [0.2, 0.25) is 0 Å². The van der Waals surface area contributed by atoms with Crippen molar-refractivity contribution >= 4 is 17.8 Å². The van der Waals surface area contributed by atoms with Gasteiger partial charge >= 0.3 is 11.9 Å². The number of rotatable bonds is 10. The maximum atomic E-state index is 12.2. The van der Waals surface area contributed by atoms with Gasteiger partial charge in [0.05, 0.1) is 11.6 Å². The van der Waals surface area contributed by atoms with Gasteiger partial charge in [-0.3, -0.25) is 4.79 Å².